The molecule has 0 aromatic heterocycles. The van der Waals surface area contributed by atoms with Crippen LogP contribution in [0.4, 0.5) is 4.79 Å². The average Bonchev–Trinajstić information content (AvgIpc) is 3.13. The molecule has 25 heavy (non-hydrogen) atoms. The summed E-state index contributed by atoms with van der Waals surface area (Å²) in [5.74, 6) is 1.11. The first-order chi connectivity index (χ1) is 12.2. The third-order valence-corrected chi connectivity index (χ3v) is 6.41. The summed E-state index contributed by atoms with van der Waals surface area (Å²) >= 11 is 1.92. The van der Waals surface area contributed by atoms with Crippen LogP contribution in [0.25, 0.3) is 0 Å². The summed E-state index contributed by atoms with van der Waals surface area (Å²) in [6.07, 6.45) is 7.48. The van der Waals surface area contributed by atoms with Crippen LogP contribution in [0.3, 0.4) is 0 Å². The summed E-state index contributed by atoms with van der Waals surface area (Å²) in [6.45, 7) is 1.25. The fourth-order valence-electron chi connectivity index (χ4n) is 3.27. The van der Waals surface area contributed by atoms with Gasteiger partial charge in [-0.2, -0.15) is 11.8 Å². The van der Waals surface area contributed by atoms with Gasteiger partial charge in [-0.3, -0.25) is 9.32 Å². The van der Waals surface area contributed by atoms with Crippen molar-refractivity contribution in [3.63, 3.8) is 0 Å². The number of hydrogen-bond donors (Lipinski definition) is 3. The van der Waals surface area contributed by atoms with E-state index in [1.807, 2.05) is 11.8 Å². The van der Waals surface area contributed by atoms with E-state index >= 15 is 0 Å². The van der Waals surface area contributed by atoms with E-state index in [9.17, 15) is 14.2 Å². The van der Waals surface area contributed by atoms with E-state index < -0.39 is 0 Å². The Hall–Kier alpha value is -0.850. The quantitative estimate of drug-likeness (QED) is 0.256. The third kappa shape index (κ3) is 7.50. The summed E-state index contributed by atoms with van der Waals surface area (Å²) in [5.41, 5.74) is 0. The van der Waals surface area contributed by atoms with E-state index in [4.69, 9.17) is 4.52 Å². The minimum atomic E-state index is -0.249. The SMILES string of the molecule is O=POCCCCCCNC(=O)CCCC[C@@H]1SC[C@@H]2NC(=O)N[C@@H]21. The van der Waals surface area contributed by atoms with Gasteiger partial charge in [-0.1, -0.05) is 19.3 Å². The van der Waals surface area contributed by atoms with Gasteiger partial charge in [-0.25, -0.2) is 9.36 Å². The van der Waals surface area contributed by atoms with Crippen molar-refractivity contribution in [2.24, 2.45) is 0 Å². The van der Waals surface area contributed by atoms with E-state index in [0.717, 1.165) is 57.2 Å². The normalized spacial score (nSPS) is 24.8. The van der Waals surface area contributed by atoms with Crippen LogP contribution >= 0.6 is 20.4 Å². The van der Waals surface area contributed by atoms with Crippen molar-refractivity contribution >= 4 is 32.4 Å². The summed E-state index contributed by atoms with van der Waals surface area (Å²) in [5, 5.41) is 9.38. The first-order valence-electron chi connectivity index (χ1n) is 9.10. The number of nitrogens with one attached hydrogen (secondary N) is 3. The van der Waals surface area contributed by atoms with Crippen LogP contribution in [-0.2, 0) is 13.9 Å². The van der Waals surface area contributed by atoms with Gasteiger partial charge >= 0.3 is 14.7 Å². The molecule has 0 saturated carbocycles. The molecule has 2 aliphatic rings. The van der Waals surface area contributed by atoms with Gasteiger partial charge in [0.15, 0.2) is 0 Å². The highest BCUT2D eigenvalue weighted by Crippen LogP contribution is 2.33. The molecule has 2 saturated heterocycles. The molecule has 2 fully saturated rings. The van der Waals surface area contributed by atoms with Crippen LogP contribution in [0, 0.1) is 0 Å². The molecule has 9 heteroatoms. The molecule has 3 amide bonds. The minimum absolute atomic E-state index is 0.0442. The Morgan fingerprint density at radius 3 is 2.88 bits per heavy atom. The molecular formula is C16H28N3O4PS. The zero-order chi connectivity index (χ0) is 17.9. The molecule has 142 valence electrons. The highest BCUT2D eigenvalue weighted by atomic mass is 32.2. The molecule has 7 nitrogen and oxygen atoms in total. The second-order valence-electron chi connectivity index (χ2n) is 6.54. The summed E-state index contributed by atoms with van der Waals surface area (Å²) in [7, 11) is -0.249. The Balaban J connectivity index is 1.41. The van der Waals surface area contributed by atoms with E-state index in [1.54, 1.807) is 0 Å². The van der Waals surface area contributed by atoms with Crippen molar-refractivity contribution in [1.82, 2.24) is 16.0 Å². The summed E-state index contributed by atoms with van der Waals surface area (Å²) in [6, 6.07) is 0.486. The maximum atomic E-state index is 11.8. The van der Waals surface area contributed by atoms with E-state index in [1.165, 1.54) is 0 Å². The van der Waals surface area contributed by atoms with E-state index in [2.05, 4.69) is 16.0 Å². The number of carbonyl (C=O) groups is 2. The highest BCUT2D eigenvalue weighted by Gasteiger charge is 2.42. The minimum Gasteiger partial charge on any atom is -0.356 e. The molecule has 3 atom stereocenters. The third-order valence-electron chi connectivity index (χ3n) is 4.62. The molecule has 0 radical (unpaired) electrons. The number of unbranched alkanes of at least 4 members (excludes halogenated alkanes) is 4. The molecule has 2 rings (SSSR count). The molecule has 0 spiro atoms. The van der Waals surface area contributed by atoms with Gasteiger partial charge in [0.05, 0.1) is 18.7 Å². The molecule has 3 N–H and O–H groups in total. The molecule has 0 bridgehead atoms. The first-order valence-corrected chi connectivity index (χ1v) is 10.9. The zero-order valence-corrected chi connectivity index (χ0v) is 16.2. The van der Waals surface area contributed by atoms with Gasteiger partial charge in [-0.05, 0) is 25.7 Å². The largest absolute Gasteiger partial charge is 0.356 e. The standard InChI is InChI=1S/C16H28N3O4PS/c20-14(17-9-5-1-2-6-10-23-24-22)8-4-3-7-13-15-12(11-25-13)18-16(21)19-15/h12-13,15H,1-11H2,(H,17,20)(H2,18,19,21)/t12-,13-,15-/m0/s1. The van der Waals surface area contributed by atoms with Gasteiger partial charge in [0.25, 0.3) is 0 Å². The van der Waals surface area contributed by atoms with Crippen molar-refractivity contribution in [1.29, 1.82) is 0 Å². The van der Waals surface area contributed by atoms with Crippen LogP contribution in [0.5, 0.6) is 0 Å². The van der Waals surface area contributed by atoms with Crippen molar-refractivity contribution in [3.05, 3.63) is 0 Å². The Bertz CT molecular complexity index is 455. The number of fused-ring (bicyclic) bond motifs is 1. The smallest absolute Gasteiger partial charge is 0.327 e. The fraction of sp³-hybridized carbons (Fsp3) is 0.875. The molecule has 0 unspecified atom stereocenters. The second kappa shape index (κ2) is 11.7. The fourth-order valence-corrected chi connectivity index (χ4v) is 5.02. The Morgan fingerprint density at radius 2 is 2.04 bits per heavy atom. The van der Waals surface area contributed by atoms with Crippen molar-refractivity contribution in [2.75, 3.05) is 18.9 Å². The molecule has 0 aromatic rings. The Morgan fingerprint density at radius 1 is 1.20 bits per heavy atom. The van der Waals surface area contributed by atoms with Gasteiger partial charge in [0.1, 0.15) is 0 Å². The number of thioether (sulfide) groups is 1. The van der Waals surface area contributed by atoms with Crippen molar-refractivity contribution < 1.29 is 18.7 Å². The van der Waals surface area contributed by atoms with E-state index in [0.29, 0.717) is 18.3 Å². The molecular weight excluding hydrogens is 361 g/mol. The lowest BCUT2D eigenvalue weighted by molar-refractivity contribution is -0.121. The number of rotatable bonds is 13. The van der Waals surface area contributed by atoms with Crippen LogP contribution in [0.1, 0.15) is 51.4 Å². The van der Waals surface area contributed by atoms with Crippen LogP contribution in [0.2, 0.25) is 0 Å². The lowest BCUT2D eigenvalue weighted by atomic mass is 10.0. The highest BCUT2D eigenvalue weighted by molar-refractivity contribution is 8.00. The van der Waals surface area contributed by atoms with Crippen molar-refractivity contribution in [2.45, 2.75) is 68.7 Å². The average molecular weight is 389 g/mol. The Kier molecular flexibility index (Phi) is 9.58. The number of hydrogen-bond acceptors (Lipinski definition) is 5. The topological polar surface area (TPSA) is 96.5 Å². The lowest BCUT2D eigenvalue weighted by Gasteiger charge is -2.16. The zero-order valence-electron chi connectivity index (χ0n) is 14.5. The molecule has 0 aromatic carbocycles. The molecule has 0 aliphatic carbocycles. The summed E-state index contributed by atoms with van der Waals surface area (Å²) in [4.78, 5) is 23.1. The first kappa shape index (κ1) is 20.5. The van der Waals surface area contributed by atoms with Crippen LogP contribution in [-0.4, -0.2) is 48.2 Å². The predicted molar refractivity (Wildman–Crippen MR) is 99.0 cm³/mol. The second-order valence-corrected chi connectivity index (χ2v) is 8.22. The van der Waals surface area contributed by atoms with Gasteiger partial charge in [-0.15, -0.1) is 0 Å². The predicted octanol–water partition coefficient (Wildman–Crippen LogP) is 2.61. The molecule has 2 heterocycles. The maximum Gasteiger partial charge on any atom is 0.327 e. The number of urea groups is 1. The van der Waals surface area contributed by atoms with Gasteiger partial charge in [0, 0.05) is 24.0 Å². The number of carbonyl (C=O) groups excluding carboxylic acids is 2. The molecule has 2 aliphatic heterocycles. The monoisotopic (exact) mass is 389 g/mol. The van der Waals surface area contributed by atoms with Gasteiger partial charge < -0.3 is 16.0 Å². The van der Waals surface area contributed by atoms with Crippen LogP contribution in [0.15, 0.2) is 0 Å². The number of amides is 3. The van der Waals surface area contributed by atoms with Gasteiger partial charge in [0.2, 0.25) is 5.91 Å². The maximum absolute atomic E-state index is 11.8. The summed E-state index contributed by atoms with van der Waals surface area (Å²) < 4.78 is 14.8. The lowest BCUT2D eigenvalue weighted by Crippen LogP contribution is -2.36. The Labute approximate surface area is 155 Å². The van der Waals surface area contributed by atoms with E-state index in [-0.39, 0.29) is 32.7 Å². The van der Waals surface area contributed by atoms with Crippen molar-refractivity contribution in [3.8, 4) is 0 Å². The van der Waals surface area contributed by atoms with Crippen LogP contribution < -0.4 is 16.0 Å².